The highest BCUT2D eigenvalue weighted by molar-refractivity contribution is 5.82. The van der Waals surface area contributed by atoms with Gasteiger partial charge in [0.15, 0.2) is 6.10 Å². The predicted octanol–water partition coefficient (Wildman–Crippen LogP) is 2.47. The van der Waals surface area contributed by atoms with Gasteiger partial charge < -0.3 is 9.64 Å². The van der Waals surface area contributed by atoms with Crippen molar-refractivity contribution in [1.29, 1.82) is 0 Å². The molecule has 1 aromatic rings. The summed E-state index contributed by atoms with van der Waals surface area (Å²) in [6.45, 7) is 0.353. The monoisotopic (exact) mass is 330 g/mol. The molecule has 1 aliphatic rings. The molecule has 0 radical (unpaired) electrons. The molecule has 0 aromatic heterocycles. The molecule has 1 aliphatic heterocycles. The van der Waals surface area contributed by atoms with Crippen LogP contribution >= 0.6 is 0 Å². The van der Waals surface area contributed by atoms with Crippen LogP contribution in [0.3, 0.4) is 0 Å². The van der Waals surface area contributed by atoms with Gasteiger partial charge in [-0.1, -0.05) is 30.3 Å². The van der Waals surface area contributed by atoms with Crippen LogP contribution in [0.5, 0.6) is 0 Å². The van der Waals surface area contributed by atoms with Crippen molar-refractivity contribution in [3.05, 3.63) is 35.9 Å². The van der Waals surface area contributed by atoms with E-state index in [1.165, 1.54) is 12.0 Å². The van der Waals surface area contributed by atoms with Crippen LogP contribution in [0, 0.1) is 0 Å². The molecule has 1 amide bonds. The van der Waals surface area contributed by atoms with E-state index < -0.39 is 18.8 Å². The van der Waals surface area contributed by atoms with Crippen LogP contribution in [0.15, 0.2) is 30.3 Å². The molecule has 0 saturated carbocycles. The summed E-state index contributed by atoms with van der Waals surface area (Å²) >= 11 is 0. The van der Waals surface area contributed by atoms with E-state index in [0.29, 0.717) is 19.5 Å². The van der Waals surface area contributed by atoms with Gasteiger partial charge >= 0.3 is 6.18 Å². The highest BCUT2D eigenvalue weighted by Gasteiger charge is 2.33. The van der Waals surface area contributed by atoms with Crippen LogP contribution in [0.2, 0.25) is 0 Å². The number of ether oxygens (including phenoxy) is 1. The molecule has 1 saturated heterocycles. The number of benzene rings is 1. The zero-order valence-corrected chi connectivity index (χ0v) is 13.1. The number of amides is 1. The maximum atomic E-state index is 12.6. The molecule has 0 aliphatic carbocycles. The van der Waals surface area contributed by atoms with Crippen molar-refractivity contribution in [2.24, 2.45) is 0 Å². The first kappa shape index (κ1) is 17.7. The lowest BCUT2D eigenvalue weighted by molar-refractivity contribution is -0.146. The van der Waals surface area contributed by atoms with Crippen molar-refractivity contribution >= 4 is 5.91 Å². The molecule has 23 heavy (non-hydrogen) atoms. The number of alkyl halides is 3. The number of hydrogen-bond acceptors (Lipinski definition) is 3. The third kappa shape index (κ3) is 5.21. The first-order valence-corrected chi connectivity index (χ1v) is 7.56. The quantitative estimate of drug-likeness (QED) is 0.850. The summed E-state index contributed by atoms with van der Waals surface area (Å²) in [5, 5.41) is 0. The second kappa shape index (κ2) is 7.79. The van der Waals surface area contributed by atoms with Gasteiger partial charge in [-0.15, -0.1) is 0 Å². The maximum Gasteiger partial charge on any atom is 0.401 e. The van der Waals surface area contributed by atoms with Gasteiger partial charge in [0.1, 0.15) is 0 Å². The van der Waals surface area contributed by atoms with Gasteiger partial charge in [0.2, 0.25) is 0 Å². The normalized spacial score (nSPS) is 18.5. The Morgan fingerprint density at radius 3 is 2.48 bits per heavy atom. The molecule has 7 heteroatoms. The van der Waals surface area contributed by atoms with Crippen LogP contribution < -0.4 is 0 Å². The van der Waals surface area contributed by atoms with Gasteiger partial charge in [-0.25, -0.2) is 0 Å². The molecule has 4 nitrogen and oxygen atoms in total. The van der Waals surface area contributed by atoms with Crippen LogP contribution in [0.4, 0.5) is 13.2 Å². The Hall–Kier alpha value is -1.60. The molecule has 1 unspecified atom stereocenters. The molecule has 128 valence electrons. The van der Waals surface area contributed by atoms with Gasteiger partial charge in [-0.05, 0) is 12.0 Å². The van der Waals surface area contributed by atoms with Crippen LogP contribution in [0.25, 0.3) is 0 Å². The fourth-order valence-electron chi connectivity index (χ4n) is 2.78. The minimum absolute atomic E-state index is 0.201. The molecular formula is C16H21F3N2O2. The molecular weight excluding hydrogens is 309 g/mol. The predicted molar refractivity (Wildman–Crippen MR) is 79.9 cm³/mol. The summed E-state index contributed by atoms with van der Waals surface area (Å²) in [5.74, 6) is -0.201. The van der Waals surface area contributed by atoms with Crippen molar-refractivity contribution < 1.29 is 22.7 Å². The summed E-state index contributed by atoms with van der Waals surface area (Å²) in [5.41, 5.74) is 0.747. The molecule has 1 atom stereocenters. The zero-order chi connectivity index (χ0) is 16.9. The van der Waals surface area contributed by atoms with Crippen LogP contribution in [-0.4, -0.2) is 61.7 Å². The fourth-order valence-corrected chi connectivity index (χ4v) is 2.78. The first-order chi connectivity index (χ1) is 10.9. The Morgan fingerprint density at radius 2 is 1.87 bits per heavy atom. The number of carbonyl (C=O) groups is 1. The van der Waals surface area contributed by atoms with Crippen molar-refractivity contribution in [1.82, 2.24) is 9.80 Å². The Morgan fingerprint density at radius 1 is 1.17 bits per heavy atom. The number of nitrogens with zero attached hydrogens (tertiary/aromatic N) is 2. The Bertz CT molecular complexity index is 508. The number of methoxy groups -OCH3 is 1. The average molecular weight is 330 g/mol. The van der Waals surface area contributed by atoms with Crippen LogP contribution in [0.1, 0.15) is 18.1 Å². The molecule has 0 N–H and O–H groups in total. The average Bonchev–Trinajstić information content (AvgIpc) is 2.73. The molecule has 0 spiro atoms. The van der Waals surface area contributed by atoms with Gasteiger partial charge in [0, 0.05) is 33.3 Å². The van der Waals surface area contributed by atoms with Gasteiger partial charge in [0.25, 0.3) is 5.91 Å². The second-order valence-electron chi connectivity index (χ2n) is 5.60. The van der Waals surface area contributed by atoms with Crippen molar-refractivity contribution in [2.45, 2.75) is 18.7 Å². The summed E-state index contributed by atoms with van der Waals surface area (Å²) in [6, 6.07) is 9.10. The highest BCUT2D eigenvalue weighted by Crippen LogP contribution is 2.21. The molecule has 0 bridgehead atoms. The molecule has 1 fully saturated rings. The standard InChI is InChI=1S/C16H21F3N2O2/c1-23-14(13-6-3-2-4-7-13)15(22)21-9-5-8-20(10-11-21)12-16(17,18)19/h2-4,6-7,14H,5,8-12H2,1H3. The lowest BCUT2D eigenvalue weighted by Crippen LogP contribution is -2.40. The molecule has 1 aromatic carbocycles. The highest BCUT2D eigenvalue weighted by atomic mass is 19.4. The number of rotatable bonds is 4. The molecule has 1 heterocycles. The van der Waals surface area contributed by atoms with E-state index in [1.807, 2.05) is 18.2 Å². The lowest BCUT2D eigenvalue weighted by atomic mass is 10.1. The van der Waals surface area contributed by atoms with Gasteiger partial charge in [-0.2, -0.15) is 13.2 Å². The number of halogens is 3. The SMILES string of the molecule is COC(C(=O)N1CCCN(CC(F)(F)F)CC1)c1ccccc1. The molecule has 2 rings (SSSR count). The first-order valence-electron chi connectivity index (χ1n) is 7.56. The smallest absolute Gasteiger partial charge is 0.367 e. The second-order valence-corrected chi connectivity index (χ2v) is 5.60. The number of hydrogen-bond donors (Lipinski definition) is 0. The lowest BCUT2D eigenvalue weighted by Gasteiger charge is -2.26. The van der Waals surface area contributed by atoms with E-state index in [-0.39, 0.29) is 19.0 Å². The minimum Gasteiger partial charge on any atom is -0.367 e. The Labute approximate surface area is 133 Å². The Balaban J connectivity index is 1.99. The van der Waals surface area contributed by atoms with E-state index in [4.69, 9.17) is 4.74 Å². The topological polar surface area (TPSA) is 32.8 Å². The van der Waals surface area contributed by atoms with Gasteiger partial charge in [-0.3, -0.25) is 9.69 Å². The zero-order valence-electron chi connectivity index (χ0n) is 13.1. The Kier molecular flexibility index (Phi) is 6.01. The van der Waals surface area contributed by atoms with Crippen molar-refractivity contribution in [3.8, 4) is 0 Å². The van der Waals surface area contributed by atoms with Crippen LogP contribution in [-0.2, 0) is 9.53 Å². The maximum absolute atomic E-state index is 12.6. The third-order valence-electron chi connectivity index (χ3n) is 3.87. The van der Waals surface area contributed by atoms with E-state index >= 15 is 0 Å². The van der Waals surface area contributed by atoms with Crippen molar-refractivity contribution in [2.75, 3.05) is 39.8 Å². The van der Waals surface area contributed by atoms with Gasteiger partial charge in [0.05, 0.1) is 6.54 Å². The summed E-state index contributed by atoms with van der Waals surface area (Å²) in [7, 11) is 1.46. The van der Waals surface area contributed by atoms with E-state index in [9.17, 15) is 18.0 Å². The fraction of sp³-hybridized carbons (Fsp3) is 0.562. The van der Waals surface area contributed by atoms with E-state index in [1.54, 1.807) is 17.0 Å². The third-order valence-corrected chi connectivity index (χ3v) is 3.87. The summed E-state index contributed by atoms with van der Waals surface area (Å²) in [4.78, 5) is 15.6. The summed E-state index contributed by atoms with van der Waals surface area (Å²) in [6.07, 6.45) is -4.41. The van der Waals surface area contributed by atoms with Crippen molar-refractivity contribution in [3.63, 3.8) is 0 Å². The largest absolute Gasteiger partial charge is 0.401 e. The van der Waals surface area contributed by atoms with E-state index in [2.05, 4.69) is 0 Å². The summed E-state index contributed by atoms with van der Waals surface area (Å²) < 4.78 is 42.8. The minimum atomic E-state index is -4.21. The van der Waals surface area contributed by atoms with E-state index in [0.717, 1.165) is 5.56 Å². The number of carbonyl (C=O) groups excluding carboxylic acids is 1.